The lowest BCUT2D eigenvalue weighted by molar-refractivity contribution is -0.141. The summed E-state index contributed by atoms with van der Waals surface area (Å²) in [5.41, 5.74) is 2.11. The number of nitrogens with one attached hydrogen (secondary N) is 1. The lowest BCUT2D eigenvalue weighted by atomic mass is 9.90. The van der Waals surface area contributed by atoms with E-state index >= 15 is 0 Å². The van der Waals surface area contributed by atoms with Crippen LogP contribution in [0.15, 0.2) is 6.07 Å². The summed E-state index contributed by atoms with van der Waals surface area (Å²) in [5, 5.41) is 13.3. The van der Waals surface area contributed by atoms with Crippen molar-refractivity contribution >= 4 is 23.6 Å². The lowest BCUT2D eigenvalue weighted by Crippen LogP contribution is -2.58. The molecule has 0 saturated carbocycles. The molecule has 0 bridgehead atoms. The first-order valence-electron chi connectivity index (χ1n) is 14.6. The van der Waals surface area contributed by atoms with Gasteiger partial charge in [0.25, 0.3) is 0 Å². The molecule has 3 heterocycles. The Morgan fingerprint density at radius 1 is 1.12 bits per heavy atom. The van der Waals surface area contributed by atoms with Crippen molar-refractivity contribution in [2.45, 2.75) is 71.0 Å². The Morgan fingerprint density at radius 2 is 1.88 bits per heavy atom. The Kier molecular flexibility index (Phi) is 10.4. The second kappa shape index (κ2) is 13.7. The molecule has 2 N–H and O–H groups in total. The normalized spacial score (nSPS) is 22.4. The van der Waals surface area contributed by atoms with Crippen molar-refractivity contribution in [2.24, 2.45) is 11.8 Å². The average molecular weight is 561 g/mol. The van der Waals surface area contributed by atoms with Crippen molar-refractivity contribution in [3.05, 3.63) is 23.0 Å². The molecule has 0 radical (unpaired) electrons. The van der Waals surface area contributed by atoms with Gasteiger partial charge in [-0.2, -0.15) is 0 Å². The van der Waals surface area contributed by atoms with E-state index < -0.39 is 18.1 Å². The SMILES string of the molecule is COCCCCn1c(C(=O)C(N[C@H]2C[C@@H](C(=O)N3CCOCC3)CN(C(=O)O)C2)C(C)C)cc2c1C(=O)CCC2. The van der Waals surface area contributed by atoms with Gasteiger partial charge in [-0.05, 0) is 49.7 Å². The zero-order valence-corrected chi connectivity index (χ0v) is 24.0. The number of methoxy groups -OCH3 is 1. The second-order valence-corrected chi connectivity index (χ2v) is 11.5. The number of Topliss-reactive ketones (excluding diaryl/α,β-unsaturated/α-hetero) is 2. The van der Waals surface area contributed by atoms with E-state index in [-0.39, 0.29) is 42.5 Å². The van der Waals surface area contributed by atoms with Crippen molar-refractivity contribution in [1.29, 1.82) is 0 Å². The first kappa shape index (κ1) is 30.2. The summed E-state index contributed by atoms with van der Waals surface area (Å²) in [6, 6.07) is 0.928. The molecule has 1 unspecified atom stereocenters. The minimum absolute atomic E-state index is 0.0652. The number of carbonyl (C=O) groups is 4. The molecule has 1 aliphatic carbocycles. The van der Waals surface area contributed by atoms with E-state index in [2.05, 4.69) is 5.32 Å². The van der Waals surface area contributed by atoms with Crippen molar-refractivity contribution in [2.75, 3.05) is 53.1 Å². The van der Waals surface area contributed by atoms with E-state index in [0.717, 1.165) is 31.2 Å². The molecule has 2 saturated heterocycles. The molecular formula is C29H44N4O7. The van der Waals surface area contributed by atoms with Crippen LogP contribution in [0.2, 0.25) is 0 Å². The quantitative estimate of drug-likeness (QED) is 0.312. The zero-order valence-electron chi connectivity index (χ0n) is 24.0. The summed E-state index contributed by atoms with van der Waals surface area (Å²) in [6.07, 6.45) is 3.02. The molecule has 0 spiro atoms. The van der Waals surface area contributed by atoms with Crippen molar-refractivity contribution in [3.63, 3.8) is 0 Å². The fraction of sp³-hybridized carbons (Fsp3) is 0.724. The fourth-order valence-corrected chi connectivity index (χ4v) is 6.22. The van der Waals surface area contributed by atoms with Gasteiger partial charge in [-0.15, -0.1) is 0 Å². The maximum atomic E-state index is 14.1. The Morgan fingerprint density at radius 3 is 2.55 bits per heavy atom. The third kappa shape index (κ3) is 6.92. The van der Waals surface area contributed by atoms with Crippen LogP contribution in [-0.4, -0.2) is 108 Å². The van der Waals surface area contributed by atoms with Crippen LogP contribution < -0.4 is 5.32 Å². The summed E-state index contributed by atoms with van der Waals surface area (Å²) in [6.45, 7) is 7.38. The summed E-state index contributed by atoms with van der Waals surface area (Å²) in [7, 11) is 1.66. The number of morpholine rings is 1. The molecule has 2 aliphatic heterocycles. The smallest absolute Gasteiger partial charge is 0.407 e. The van der Waals surface area contributed by atoms with Crippen molar-refractivity contribution in [3.8, 4) is 0 Å². The topological polar surface area (TPSA) is 130 Å². The molecule has 3 atom stereocenters. The number of rotatable bonds is 11. The molecule has 11 heteroatoms. The van der Waals surface area contributed by atoms with E-state index in [0.29, 0.717) is 63.7 Å². The average Bonchev–Trinajstić information content (AvgIpc) is 3.33. The predicted octanol–water partition coefficient (Wildman–Crippen LogP) is 2.46. The highest BCUT2D eigenvalue weighted by atomic mass is 16.5. The standard InChI is InChI=1S/C29H44N4O7/c1-19(2)25(27(35)23-16-20-7-6-8-24(34)26(20)33(23)9-4-5-12-39-3)30-22-15-21(17-32(18-22)29(37)38)28(36)31-10-13-40-14-11-31/h16,19,21-22,25,30H,4-15,17-18H2,1-3H3,(H,37,38)/t21-,22+,25?/m1/s1. The molecule has 4 rings (SSSR count). The Balaban J connectivity index is 1.56. The van der Waals surface area contributed by atoms with Crippen molar-refractivity contribution < 1.29 is 33.8 Å². The number of aromatic nitrogens is 1. The largest absolute Gasteiger partial charge is 0.465 e. The van der Waals surface area contributed by atoms with Gasteiger partial charge in [-0.3, -0.25) is 14.4 Å². The van der Waals surface area contributed by atoms with Gasteiger partial charge >= 0.3 is 6.09 Å². The molecule has 1 aromatic heterocycles. The molecular weight excluding hydrogens is 516 g/mol. The number of unbranched alkanes of at least 4 members (excludes halogenated alkanes) is 1. The number of nitrogens with zero attached hydrogens (tertiary/aromatic N) is 3. The van der Waals surface area contributed by atoms with Gasteiger partial charge in [0.2, 0.25) is 5.91 Å². The van der Waals surface area contributed by atoms with Crippen LogP contribution in [0.5, 0.6) is 0 Å². The number of fused-ring (bicyclic) bond motifs is 1. The van der Waals surface area contributed by atoms with E-state index in [4.69, 9.17) is 9.47 Å². The van der Waals surface area contributed by atoms with Crippen LogP contribution in [0.3, 0.4) is 0 Å². The molecule has 0 aromatic carbocycles. The molecule has 1 aromatic rings. The number of ketones is 2. The number of carbonyl (C=O) groups excluding carboxylic acids is 3. The molecule has 2 amide bonds. The lowest BCUT2D eigenvalue weighted by Gasteiger charge is -2.40. The van der Waals surface area contributed by atoms with Gasteiger partial charge in [-0.25, -0.2) is 4.79 Å². The predicted molar refractivity (Wildman–Crippen MR) is 148 cm³/mol. The summed E-state index contributed by atoms with van der Waals surface area (Å²) >= 11 is 0. The number of ether oxygens (including phenoxy) is 2. The van der Waals surface area contributed by atoms with Crippen LogP contribution >= 0.6 is 0 Å². The van der Waals surface area contributed by atoms with Crippen LogP contribution in [0.1, 0.15) is 72.5 Å². The maximum Gasteiger partial charge on any atom is 0.407 e. The monoisotopic (exact) mass is 560 g/mol. The first-order chi connectivity index (χ1) is 19.2. The Hall–Kier alpha value is -2.76. The number of amides is 2. The maximum absolute atomic E-state index is 14.1. The molecule has 3 aliphatic rings. The third-order valence-corrected chi connectivity index (χ3v) is 8.28. The van der Waals surface area contributed by atoms with Gasteiger partial charge in [0.15, 0.2) is 11.6 Å². The highest BCUT2D eigenvalue weighted by Crippen LogP contribution is 2.28. The van der Waals surface area contributed by atoms with Crippen LogP contribution in [0.4, 0.5) is 4.79 Å². The number of piperidine rings is 1. The Bertz CT molecular complexity index is 1080. The number of hydrogen-bond acceptors (Lipinski definition) is 7. The summed E-state index contributed by atoms with van der Waals surface area (Å²) < 4.78 is 12.5. The first-order valence-corrected chi connectivity index (χ1v) is 14.6. The van der Waals surface area contributed by atoms with Crippen LogP contribution in [0.25, 0.3) is 0 Å². The van der Waals surface area contributed by atoms with Gasteiger partial charge in [0.1, 0.15) is 0 Å². The third-order valence-electron chi connectivity index (χ3n) is 8.28. The number of carboxylic acid groups (broad SMARTS) is 1. The van der Waals surface area contributed by atoms with Crippen LogP contribution in [-0.2, 0) is 27.2 Å². The fourth-order valence-electron chi connectivity index (χ4n) is 6.22. The van der Waals surface area contributed by atoms with E-state index in [9.17, 15) is 24.3 Å². The van der Waals surface area contributed by atoms with Gasteiger partial charge < -0.3 is 34.3 Å². The van der Waals surface area contributed by atoms with Gasteiger partial charge in [0, 0.05) is 58.9 Å². The van der Waals surface area contributed by atoms with Gasteiger partial charge in [-0.1, -0.05) is 13.8 Å². The van der Waals surface area contributed by atoms with Crippen LogP contribution in [0, 0.1) is 11.8 Å². The summed E-state index contributed by atoms with van der Waals surface area (Å²) in [5.74, 6) is -0.671. The minimum atomic E-state index is -1.07. The molecule has 222 valence electrons. The zero-order chi connectivity index (χ0) is 28.8. The number of hydrogen-bond donors (Lipinski definition) is 2. The molecule has 40 heavy (non-hydrogen) atoms. The second-order valence-electron chi connectivity index (χ2n) is 11.5. The van der Waals surface area contributed by atoms with E-state index in [1.165, 1.54) is 4.90 Å². The van der Waals surface area contributed by atoms with E-state index in [1.807, 2.05) is 24.5 Å². The molecule has 11 nitrogen and oxygen atoms in total. The highest BCUT2D eigenvalue weighted by Gasteiger charge is 2.39. The molecule has 2 fully saturated rings. The minimum Gasteiger partial charge on any atom is -0.465 e. The van der Waals surface area contributed by atoms with Gasteiger partial charge in [0.05, 0.1) is 36.6 Å². The number of aryl methyl sites for hydroxylation is 1. The number of likely N-dealkylation sites (tertiary alicyclic amines) is 1. The highest BCUT2D eigenvalue weighted by molar-refractivity contribution is 6.03. The van der Waals surface area contributed by atoms with Crippen molar-refractivity contribution in [1.82, 2.24) is 19.7 Å². The summed E-state index contributed by atoms with van der Waals surface area (Å²) in [4.78, 5) is 55.4. The Labute approximate surface area is 236 Å². The van der Waals surface area contributed by atoms with E-state index in [1.54, 1.807) is 12.0 Å².